The molecule has 0 aliphatic carbocycles. The van der Waals surface area contributed by atoms with Gasteiger partial charge in [-0.25, -0.2) is 8.42 Å². The van der Waals surface area contributed by atoms with Crippen LogP contribution < -0.4 is 5.32 Å². The quantitative estimate of drug-likeness (QED) is 0.768. The maximum absolute atomic E-state index is 12.4. The number of likely N-dealkylation sites (tertiary alicyclic amines) is 1. The van der Waals surface area contributed by atoms with Gasteiger partial charge in [0.1, 0.15) is 0 Å². The standard InChI is InChI=1S/C13H22N2O3S/c1-9-12-6-14-5-11(12)7-15(9)13(16)4-10-2-3-19(17,18)8-10/h9-12,14H,2-8H2,1H3. The van der Waals surface area contributed by atoms with Gasteiger partial charge in [-0.15, -0.1) is 0 Å². The number of hydrogen-bond donors (Lipinski definition) is 1. The lowest BCUT2D eigenvalue weighted by Crippen LogP contribution is -2.38. The molecule has 0 aromatic heterocycles. The Hall–Kier alpha value is -0.620. The lowest BCUT2D eigenvalue weighted by atomic mass is 9.95. The average Bonchev–Trinajstić information content (AvgIpc) is 2.97. The van der Waals surface area contributed by atoms with E-state index in [-0.39, 0.29) is 23.3 Å². The number of nitrogens with zero attached hydrogens (tertiary/aromatic N) is 1. The molecule has 0 radical (unpaired) electrons. The number of rotatable bonds is 2. The summed E-state index contributed by atoms with van der Waals surface area (Å²) >= 11 is 0. The van der Waals surface area contributed by atoms with Crippen molar-refractivity contribution in [3.8, 4) is 0 Å². The van der Waals surface area contributed by atoms with E-state index in [9.17, 15) is 13.2 Å². The summed E-state index contributed by atoms with van der Waals surface area (Å²) < 4.78 is 22.9. The molecule has 19 heavy (non-hydrogen) atoms. The van der Waals surface area contributed by atoms with Crippen molar-refractivity contribution in [2.24, 2.45) is 17.8 Å². The van der Waals surface area contributed by atoms with Crippen LogP contribution in [0.5, 0.6) is 0 Å². The van der Waals surface area contributed by atoms with Gasteiger partial charge in [-0.1, -0.05) is 0 Å². The maximum Gasteiger partial charge on any atom is 0.223 e. The van der Waals surface area contributed by atoms with E-state index >= 15 is 0 Å². The molecule has 6 heteroatoms. The molecule has 5 nitrogen and oxygen atoms in total. The van der Waals surface area contributed by atoms with E-state index in [1.807, 2.05) is 4.90 Å². The molecule has 1 N–H and O–H groups in total. The minimum Gasteiger partial charge on any atom is -0.339 e. The van der Waals surface area contributed by atoms with Gasteiger partial charge in [0, 0.05) is 32.1 Å². The van der Waals surface area contributed by atoms with Crippen molar-refractivity contribution >= 4 is 15.7 Å². The van der Waals surface area contributed by atoms with E-state index in [2.05, 4.69) is 12.2 Å². The van der Waals surface area contributed by atoms with Crippen LogP contribution in [0, 0.1) is 17.8 Å². The van der Waals surface area contributed by atoms with Crippen LogP contribution in [0.2, 0.25) is 0 Å². The number of nitrogens with one attached hydrogen (secondary N) is 1. The number of carbonyl (C=O) groups excluding carboxylic acids is 1. The van der Waals surface area contributed by atoms with Gasteiger partial charge in [-0.3, -0.25) is 4.79 Å². The highest BCUT2D eigenvalue weighted by atomic mass is 32.2. The highest BCUT2D eigenvalue weighted by Crippen LogP contribution is 2.33. The first-order valence-corrected chi connectivity index (χ1v) is 8.99. The van der Waals surface area contributed by atoms with Gasteiger partial charge in [-0.2, -0.15) is 0 Å². The molecule has 3 fully saturated rings. The van der Waals surface area contributed by atoms with Crippen molar-refractivity contribution < 1.29 is 13.2 Å². The molecule has 4 atom stereocenters. The molecule has 3 saturated heterocycles. The summed E-state index contributed by atoms with van der Waals surface area (Å²) in [6.45, 7) is 4.99. The lowest BCUT2D eigenvalue weighted by molar-refractivity contribution is -0.133. The fourth-order valence-electron chi connectivity index (χ4n) is 3.89. The van der Waals surface area contributed by atoms with Gasteiger partial charge in [0.05, 0.1) is 11.5 Å². The van der Waals surface area contributed by atoms with Gasteiger partial charge in [0.2, 0.25) is 5.91 Å². The molecule has 108 valence electrons. The third kappa shape index (κ3) is 2.52. The summed E-state index contributed by atoms with van der Waals surface area (Å²) in [4.78, 5) is 14.4. The minimum absolute atomic E-state index is 0.0447. The third-order valence-electron chi connectivity index (χ3n) is 5.04. The summed E-state index contributed by atoms with van der Waals surface area (Å²) in [7, 11) is -2.87. The molecular weight excluding hydrogens is 264 g/mol. The number of amides is 1. The molecule has 0 saturated carbocycles. The van der Waals surface area contributed by atoms with Gasteiger partial charge in [0.15, 0.2) is 9.84 Å². The zero-order valence-electron chi connectivity index (χ0n) is 11.3. The van der Waals surface area contributed by atoms with Crippen LogP contribution in [0.4, 0.5) is 0 Å². The summed E-state index contributed by atoms with van der Waals surface area (Å²) in [5.41, 5.74) is 0. The molecule has 0 bridgehead atoms. The second kappa shape index (κ2) is 4.74. The average molecular weight is 286 g/mol. The second-order valence-electron chi connectivity index (χ2n) is 6.34. The Balaban J connectivity index is 1.60. The van der Waals surface area contributed by atoms with Crippen molar-refractivity contribution in [3.05, 3.63) is 0 Å². The van der Waals surface area contributed by atoms with Gasteiger partial charge >= 0.3 is 0 Å². The number of sulfone groups is 1. The molecule has 3 rings (SSSR count). The largest absolute Gasteiger partial charge is 0.339 e. The SMILES string of the molecule is CC1C2CNCC2CN1C(=O)CC1CCS(=O)(=O)C1. The van der Waals surface area contributed by atoms with Crippen molar-refractivity contribution in [1.29, 1.82) is 0 Å². The van der Waals surface area contributed by atoms with E-state index in [1.54, 1.807) is 0 Å². The molecule has 4 unspecified atom stereocenters. The van der Waals surface area contributed by atoms with Crippen LogP contribution >= 0.6 is 0 Å². The van der Waals surface area contributed by atoms with Crippen molar-refractivity contribution in [3.63, 3.8) is 0 Å². The van der Waals surface area contributed by atoms with Crippen molar-refractivity contribution in [1.82, 2.24) is 10.2 Å². The highest BCUT2D eigenvalue weighted by Gasteiger charge is 2.44. The molecule has 3 aliphatic rings. The lowest BCUT2D eigenvalue weighted by Gasteiger charge is -2.25. The van der Waals surface area contributed by atoms with Gasteiger partial charge in [-0.05, 0) is 31.1 Å². The topological polar surface area (TPSA) is 66.5 Å². The Morgan fingerprint density at radius 3 is 2.79 bits per heavy atom. The Labute approximate surface area is 114 Å². The Kier molecular flexibility index (Phi) is 3.33. The molecule has 0 aromatic carbocycles. The first-order valence-electron chi connectivity index (χ1n) is 7.17. The number of hydrogen-bond acceptors (Lipinski definition) is 4. The maximum atomic E-state index is 12.4. The van der Waals surface area contributed by atoms with E-state index in [4.69, 9.17) is 0 Å². The predicted octanol–water partition coefficient (Wildman–Crippen LogP) is -0.122. The summed E-state index contributed by atoms with van der Waals surface area (Å²) in [6.07, 6.45) is 1.07. The van der Waals surface area contributed by atoms with Crippen LogP contribution in [0.1, 0.15) is 19.8 Å². The monoisotopic (exact) mass is 286 g/mol. The third-order valence-corrected chi connectivity index (χ3v) is 6.88. The molecular formula is C13H22N2O3S. The smallest absolute Gasteiger partial charge is 0.223 e. The van der Waals surface area contributed by atoms with Crippen LogP contribution in [-0.4, -0.2) is 56.4 Å². The van der Waals surface area contributed by atoms with Crippen LogP contribution in [-0.2, 0) is 14.6 Å². The van der Waals surface area contributed by atoms with Gasteiger partial charge < -0.3 is 10.2 Å². The van der Waals surface area contributed by atoms with E-state index in [0.29, 0.717) is 30.7 Å². The van der Waals surface area contributed by atoms with Crippen molar-refractivity contribution in [2.75, 3.05) is 31.1 Å². The Morgan fingerprint density at radius 1 is 1.37 bits per heavy atom. The fraction of sp³-hybridized carbons (Fsp3) is 0.923. The Bertz CT molecular complexity index is 476. The van der Waals surface area contributed by atoms with E-state index in [1.165, 1.54) is 0 Å². The second-order valence-corrected chi connectivity index (χ2v) is 8.57. The molecule has 3 aliphatic heterocycles. The molecule has 1 amide bonds. The fourth-order valence-corrected chi connectivity index (χ4v) is 5.76. The zero-order chi connectivity index (χ0) is 13.6. The Morgan fingerprint density at radius 2 is 2.16 bits per heavy atom. The summed E-state index contributed by atoms with van der Waals surface area (Å²) in [5, 5.41) is 3.38. The molecule has 0 aromatic rings. The van der Waals surface area contributed by atoms with E-state index < -0.39 is 9.84 Å². The highest BCUT2D eigenvalue weighted by molar-refractivity contribution is 7.91. The van der Waals surface area contributed by atoms with Crippen molar-refractivity contribution in [2.45, 2.75) is 25.8 Å². The van der Waals surface area contributed by atoms with E-state index in [0.717, 1.165) is 19.6 Å². The number of fused-ring (bicyclic) bond motifs is 1. The predicted molar refractivity (Wildman–Crippen MR) is 72.4 cm³/mol. The zero-order valence-corrected chi connectivity index (χ0v) is 12.2. The summed E-state index contributed by atoms with van der Waals surface area (Å²) in [5.74, 6) is 1.83. The van der Waals surface area contributed by atoms with Crippen LogP contribution in [0.25, 0.3) is 0 Å². The minimum atomic E-state index is -2.87. The molecule has 3 heterocycles. The first-order chi connectivity index (χ1) is 8.96. The first kappa shape index (κ1) is 13.4. The molecule has 0 spiro atoms. The summed E-state index contributed by atoms with van der Waals surface area (Å²) in [6, 6.07) is 0.297. The van der Waals surface area contributed by atoms with Crippen LogP contribution in [0.3, 0.4) is 0 Å². The number of carbonyl (C=O) groups is 1. The normalized spacial score (nSPS) is 40.6. The van der Waals surface area contributed by atoms with Crippen LogP contribution in [0.15, 0.2) is 0 Å². The van der Waals surface area contributed by atoms with Gasteiger partial charge in [0.25, 0.3) is 0 Å².